The lowest BCUT2D eigenvalue weighted by atomic mass is 10.0. The summed E-state index contributed by atoms with van der Waals surface area (Å²) in [4.78, 5) is 24.4. The summed E-state index contributed by atoms with van der Waals surface area (Å²) in [7, 11) is 0. The van der Waals surface area contributed by atoms with Crippen molar-refractivity contribution in [1.29, 1.82) is 0 Å². The summed E-state index contributed by atoms with van der Waals surface area (Å²) in [6, 6.07) is 12.4. The Morgan fingerprint density at radius 1 is 1.29 bits per heavy atom. The topological polar surface area (TPSA) is 78.4 Å². The van der Waals surface area contributed by atoms with E-state index in [9.17, 15) is 14.7 Å². The Bertz CT molecular complexity index is 774. The van der Waals surface area contributed by atoms with Crippen LogP contribution in [0.2, 0.25) is 0 Å². The van der Waals surface area contributed by atoms with Crippen LogP contribution in [0.1, 0.15) is 24.1 Å². The maximum Gasteiger partial charge on any atom is 0.230 e. The monoisotopic (exact) mass is 342 g/mol. The third-order valence-electron chi connectivity index (χ3n) is 3.84. The van der Waals surface area contributed by atoms with Gasteiger partial charge in [0.2, 0.25) is 11.8 Å². The Morgan fingerprint density at radius 2 is 2.04 bits per heavy atom. The van der Waals surface area contributed by atoms with Gasteiger partial charge in [0.25, 0.3) is 0 Å². The molecule has 0 aliphatic carbocycles. The molecular weight excluding hydrogens is 324 g/mol. The highest BCUT2D eigenvalue weighted by Crippen LogP contribution is 2.26. The highest BCUT2D eigenvalue weighted by molar-refractivity contribution is 8.00. The molecule has 0 aromatic heterocycles. The molecular formula is C18H18N2O3S. The lowest BCUT2D eigenvalue weighted by Gasteiger charge is -2.15. The van der Waals surface area contributed by atoms with Crippen molar-refractivity contribution < 1.29 is 14.7 Å². The normalized spacial score (nSPS) is 14.0. The average molecular weight is 342 g/mol. The van der Waals surface area contributed by atoms with Gasteiger partial charge in [-0.15, -0.1) is 11.8 Å². The van der Waals surface area contributed by atoms with E-state index in [4.69, 9.17) is 0 Å². The number of benzene rings is 2. The van der Waals surface area contributed by atoms with Crippen molar-refractivity contribution in [3.8, 4) is 5.75 Å². The van der Waals surface area contributed by atoms with Gasteiger partial charge in [0, 0.05) is 10.6 Å². The van der Waals surface area contributed by atoms with Crippen LogP contribution in [-0.4, -0.2) is 22.7 Å². The van der Waals surface area contributed by atoms with Crippen LogP contribution < -0.4 is 10.6 Å². The first kappa shape index (κ1) is 16.4. The summed E-state index contributed by atoms with van der Waals surface area (Å²) in [5.74, 6) is 0.460. The first-order valence-corrected chi connectivity index (χ1v) is 8.64. The summed E-state index contributed by atoms with van der Waals surface area (Å²) in [6.07, 6.45) is 0.389. The van der Waals surface area contributed by atoms with Crippen LogP contribution in [-0.2, 0) is 16.0 Å². The van der Waals surface area contributed by atoms with Crippen LogP contribution in [0.3, 0.4) is 0 Å². The van der Waals surface area contributed by atoms with E-state index in [1.54, 1.807) is 24.3 Å². The van der Waals surface area contributed by atoms with Crippen LogP contribution in [0, 0.1) is 0 Å². The summed E-state index contributed by atoms with van der Waals surface area (Å²) in [6.45, 7) is 1.93. The molecule has 0 saturated heterocycles. The zero-order valence-corrected chi connectivity index (χ0v) is 14.0. The number of aromatic hydroxyl groups is 1. The Labute approximate surface area is 144 Å². The number of anilines is 1. The van der Waals surface area contributed by atoms with Gasteiger partial charge < -0.3 is 15.7 Å². The first-order chi connectivity index (χ1) is 11.5. The predicted molar refractivity (Wildman–Crippen MR) is 94.2 cm³/mol. The van der Waals surface area contributed by atoms with Crippen molar-refractivity contribution >= 4 is 29.3 Å². The first-order valence-electron chi connectivity index (χ1n) is 7.65. The van der Waals surface area contributed by atoms with Gasteiger partial charge >= 0.3 is 0 Å². The van der Waals surface area contributed by atoms with Gasteiger partial charge in [-0.05, 0) is 48.4 Å². The number of nitrogens with one attached hydrogen (secondary N) is 2. The Hall–Kier alpha value is -2.47. The molecule has 1 aliphatic heterocycles. The van der Waals surface area contributed by atoms with Gasteiger partial charge in [0.1, 0.15) is 5.75 Å². The Balaban J connectivity index is 1.55. The summed E-state index contributed by atoms with van der Waals surface area (Å²) in [5, 5.41) is 15.0. The van der Waals surface area contributed by atoms with Gasteiger partial charge in [0.15, 0.2) is 0 Å². The second-order valence-electron chi connectivity index (χ2n) is 5.71. The van der Waals surface area contributed by atoms with Crippen LogP contribution in [0.5, 0.6) is 5.75 Å². The second-order valence-corrected chi connectivity index (χ2v) is 6.76. The molecule has 3 N–H and O–H groups in total. The number of amides is 2. The Morgan fingerprint density at radius 3 is 2.79 bits per heavy atom. The third-order valence-corrected chi connectivity index (χ3v) is 4.85. The van der Waals surface area contributed by atoms with E-state index in [0.717, 1.165) is 21.7 Å². The maximum absolute atomic E-state index is 12.1. The molecule has 0 unspecified atom stereocenters. The van der Waals surface area contributed by atoms with Crippen molar-refractivity contribution in [2.45, 2.75) is 24.3 Å². The molecule has 0 spiro atoms. The molecule has 0 bridgehead atoms. The van der Waals surface area contributed by atoms with Crippen molar-refractivity contribution in [3.05, 3.63) is 53.6 Å². The van der Waals surface area contributed by atoms with E-state index in [-0.39, 0.29) is 23.6 Å². The lowest BCUT2D eigenvalue weighted by molar-refractivity contribution is -0.119. The van der Waals surface area contributed by atoms with Crippen molar-refractivity contribution in [1.82, 2.24) is 5.32 Å². The second kappa shape index (κ2) is 6.97. The molecule has 0 radical (unpaired) electrons. The van der Waals surface area contributed by atoms with E-state index in [1.807, 2.05) is 25.1 Å². The van der Waals surface area contributed by atoms with Crippen molar-refractivity contribution in [3.63, 3.8) is 0 Å². The number of carbonyl (C=O) groups excluding carboxylic acids is 2. The smallest absolute Gasteiger partial charge is 0.230 e. The molecule has 124 valence electrons. The number of fused-ring (bicyclic) bond motifs is 1. The van der Waals surface area contributed by atoms with Gasteiger partial charge in [-0.2, -0.15) is 0 Å². The molecule has 6 heteroatoms. The van der Waals surface area contributed by atoms with E-state index < -0.39 is 0 Å². The van der Waals surface area contributed by atoms with Crippen LogP contribution in [0.25, 0.3) is 0 Å². The maximum atomic E-state index is 12.1. The van der Waals surface area contributed by atoms with Gasteiger partial charge in [-0.1, -0.05) is 12.1 Å². The van der Waals surface area contributed by atoms with E-state index in [1.165, 1.54) is 11.8 Å². The number of hydrogen-bond donors (Lipinski definition) is 3. The zero-order chi connectivity index (χ0) is 17.1. The number of thioether (sulfide) groups is 1. The molecule has 1 heterocycles. The molecule has 24 heavy (non-hydrogen) atoms. The van der Waals surface area contributed by atoms with E-state index in [0.29, 0.717) is 12.2 Å². The average Bonchev–Trinajstić information content (AvgIpc) is 2.93. The lowest BCUT2D eigenvalue weighted by Crippen LogP contribution is -2.28. The highest BCUT2D eigenvalue weighted by atomic mass is 32.2. The molecule has 2 aromatic rings. The number of rotatable bonds is 5. The highest BCUT2D eigenvalue weighted by Gasteiger charge is 2.19. The minimum absolute atomic E-state index is 0.00383. The molecule has 0 fully saturated rings. The minimum Gasteiger partial charge on any atom is -0.508 e. The van der Waals surface area contributed by atoms with Gasteiger partial charge in [-0.3, -0.25) is 9.59 Å². The molecule has 1 aliphatic rings. The fraction of sp³-hybridized carbons (Fsp3) is 0.222. The van der Waals surface area contributed by atoms with E-state index >= 15 is 0 Å². The summed E-state index contributed by atoms with van der Waals surface area (Å²) < 4.78 is 0. The molecule has 2 amide bonds. The minimum atomic E-state index is -0.126. The molecule has 1 atom stereocenters. The number of phenols is 1. The largest absolute Gasteiger partial charge is 0.508 e. The summed E-state index contributed by atoms with van der Waals surface area (Å²) in [5.41, 5.74) is 2.80. The number of carbonyl (C=O) groups is 2. The molecule has 3 rings (SSSR count). The molecule has 0 saturated carbocycles. The number of hydrogen-bond acceptors (Lipinski definition) is 4. The summed E-state index contributed by atoms with van der Waals surface area (Å²) >= 11 is 1.42. The third kappa shape index (κ3) is 3.89. The fourth-order valence-electron chi connectivity index (χ4n) is 2.58. The SMILES string of the molecule is C[C@H](NC(=O)CSc1ccc(O)cc1)c1ccc2c(c1)CC(=O)N2. The van der Waals surface area contributed by atoms with Crippen LogP contribution in [0.4, 0.5) is 5.69 Å². The fourth-order valence-corrected chi connectivity index (χ4v) is 3.29. The van der Waals surface area contributed by atoms with Crippen LogP contribution >= 0.6 is 11.8 Å². The quantitative estimate of drug-likeness (QED) is 0.730. The van der Waals surface area contributed by atoms with Gasteiger partial charge in [0.05, 0.1) is 18.2 Å². The predicted octanol–water partition coefficient (Wildman–Crippen LogP) is 2.86. The molecule has 5 nitrogen and oxygen atoms in total. The zero-order valence-electron chi connectivity index (χ0n) is 13.2. The standard InChI is InChI=1S/C18H18N2O3S/c1-11(12-2-7-16-13(8-12)9-17(22)20-16)19-18(23)10-24-15-5-3-14(21)4-6-15/h2-8,11,21H,9-10H2,1H3,(H,19,23)(H,20,22)/t11-/m0/s1. The van der Waals surface area contributed by atoms with Crippen molar-refractivity contribution in [2.75, 3.05) is 11.1 Å². The van der Waals surface area contributed by atoms with Crippen LogP contribution in [0.15, 0.2) is 47.4 Å². The molecule has 2 aromatic carbocycles. The number of phenolic OH excluding ortho intramolecular Hbond substituents is 1. The van der Waals surface area contributed by atoms with E-state index in [2.05, 4.69) is 10.6 Å². The Kier molecular flexibility index (Phi) is 4.76. The van der Waals surface area contributed by atoms with Crippen molar-refractivity contribution in [2.24, 2.45) is 0 Å². The van der Waals surface area contributed by atoms with Gasteiger partial charge in [-0.25, -0.2) is 0 Å².